The number of hydrogen-bond acceptors (Lipinski definition) is 3. The predicted molar refractivity (Wildman–Crippen MR) is 78.4 cm³/mol. The molecule has 0 amide bonds. The van der Waals surface area contributed by atoms with Crippen molar-refractivity contribution in [1.29, 1.82) is 0 Å². The Kier molecular flexibility index (Phi) is 5.34. The molecule has 0 aliphatic heterocycles. The number of ether oxygens (including phenoxy) is 2. The second-order valence-corrected chi connectivity index (χ2v) is 5.46. The first-order valence-electron chi connectivity index (χ1n) is 6.57. The van der Waals surface area contributed by atoms with Crippen LogP contribution in [0.2, 0.25) is 10.0 Å². The van der Waals surface area contributed by atoms with E-state index >= 15 is 0 Å². The van der Waals surface area contributed by atoms with Crippen molar-refractivity contribution in [3.63, 3.8) is 0 Å². The van der Waals surface area contributed by atoms with Gasteiger partial charge in [0.05, 0.1) is 5.02 Å². The first kappa shape index (κ1) is 14.9. The van der Waals surface area contributed by atoms with Crippen LogP contribution < -0.4 is 10.1 Å². The summed E-state index contributed by atoms with van der Waals surface area (Å²) in [5.74, 6) is 0.624. The van der Waals surface area contributed by atoms with E-state index in [1.807, 2.05) is 19.2 Å². The molecule has 1 aromatic carbocycles. The van der Waals surface area contributed by atoms with Crippen molar-refractivity contribution in [3.8, 4) is 5.75 Å². The van der Waals surface area contributed by atoms with Gasteiger partial charge in [0.1, 0.15) is 23.0 Å². The molecule has 1 saturated carbocycles. The number of halogens is 2. The number of likely N-dealkylation sites (N-methyl/N-ethyl adjacent to an activating group) is 1. The van der Waals surface area contributed by atoms with Gasteiger partial charge in [-0.3, -0.25) is 0 Å². The van der Waals surface area contributed by atoms with E-state index in [2.05, 4.69) is 12.2 Å². The predicted octanol–water partition coefficient (Wildman–Crippen LogP) is 3.53. The molecule has 0 spiro atoms. The van der Waals surface area contributed by atoms with Crippen LogP contribution in [0.15, 0.2) is 18.2 Å². The smallest absolute Gasteiger partial charge is 0.139 e. The molecule has 3 unspecified atom stereocenters. The summed E-state index contributed by atoms with van der Waals surface area (Å²) in [6.07, 6.45) is 2.01. The van der Waals surface area contributed by atoms with Crippen molar-refractivity contribution in [2.45, 2.75) is 38.0 Å². The third-order valence-electron chi connectivity index (χ3n) is 3.33. The van der Waals surface area contributed by atoms with E-state index in [1.165, 1.54) is 0 Å². The zero-order valence-electron chi connectivity index (χ0n) is 11.2. The standard InChI is InChI=1S/C14H19Cl2NO2/c1-3-7-18-14-10(17-2)8-12(14)19-11-6-4-5-9(15)13(11)16/h4-6,10,12,14,17H,3,7-8H2,1-2H3. The van der Waals surface area contributed by atoms with Gasteiger partial charge in [0, 0.05) is 19.1 Å². The first-order valence-corrected chi connectivity index (χ1v) is 7.32. The quantitative estimate of drug-likeness (QED) is 0.872. The third kappa shape index (κ3) is 3.34. The number of hydrogen-bond donors (Lipinski definition) is 1. The highest BCUT2D eigenvalue weighted by Gasteiger charge is 2.43. The third-order valence-corrected chi connectivity index (χ3v) is 4.13. The summed E-state index contributed by atoms with van der Waals surface area (Å²) >= 11 is 12.1. The van der Waals surface area contributed by atoms with Gasteiger partial charge in [-0.25, -0.2) is 0 Å². The summed E-state index contributed by atoms with van der Waals surface area (Å²) in [6, 6.07) is 5.76. The number of nitrogens with one attached hydrogen (secondary N) is 1. The van der Waals surface area contributed by atoms with Crippen LogP contribution in [0, 0.1) is 0 Å². The summed E-state index contributed by atoms with van der Waals surface area (Å²) < 4.78 is 11.7. The highest BCUT2D eigenvalue weighted by Crippen LogP contribution is 2.36. The molecule has 0 saturated heterocycles. The van der Waals surface area contributed by atoms with E-state index < -0.39 is 0 Å². The molecule has 1 aliphatic rings. The van der Waals surface area contributed by atoms with Crippen molar-refractivity contribution >= 4 is 23.2 Å². The maximum Gasteiger partial charge on any atom is 0.139 e. The van der Waals surface area contributed by atoms with E-state index in [0.29, 0.717) is 21.8 Å². The molecule has 1 aromatic rings. The van der Waals surface area contributed by atoms with Gasteiger partial charge in [-0.15, -0.1) is 0 Å². The maximum absolute atomic E-state index is 6.13. The molecular formula is C14H19Cl2NO2. The highest BCUT2D eigenvalue weighted by atomic mass is 35.5. The lowest BCUT2D eigenvalue weighted by molar-refractivity contribution is -0.106. The lowest BCUT2D eigenvalue weighted by Crippen LogP contribution is -2.60. The average Bonchev–Trinajstić information content (AvgIpc) is 2.39. The van der Waals surface area contributed by atoms with Crippen LogP contribution in [-0.2, 0) is 4.74 Å². The summed E-state index contributed by atoms with van der Waals surface area (Å²) in [4.78, 5) is 0. The molecule has 0 radical (unpaired) electrons. The van der Waals surface area contributed by atoms with Crippen LogP contribution in [0.5, 0.6) is 5.75 Å². The van der Waals surface area contributed by atoms with Crippen LogP contribution in [0.25, 0.3) is 0 Å². The molecule has 19 heavy (non-hydrogen) atoms. The van der Waals surface area contributed by atoms with Crippen molar-refractivity contribution in [2.75, 3.05) is 13.7 Å². The van der Waals surface area contributed by atoms with Gasteiger partial charge in [-0.2, -0.15) is 0 Å². The molecule has 1 aliphatic carbocycles. The second-order valence-electron chi connectivity index (χ2n) is 4.67. The Balaban J connectivity index is 2.00. The largest absolute Gasteiger partial charge is 0.486 e. The molecule has 106 valence electrons. The lowest BCUT2D eigenvalue weighted by Gasteiger charge is -2.43. The normalized spacial score (nSPS) is 26.0. The van der Waals surface area contributed by atoms with Crippen molar-refractivity contribution in [3.05, 3.63) is 28.2 Å². The fourth-order valence-electron chi connectivity index (χ4n) is 2.19. The fourth-order valence-corrected chi connectivity index (χ4v) is 2.53. The molecule has 0 aromatic heterocycles. The van der Waals surface area contributed by atoms with Crippen molar-refractivity contribution < 1.29 is 9.47 Å². The van der Waals surface area contributed by atoms with Crippen molar-refractivity contribution in [1.82, 2.24) is 5.32 Å². The Labute approximate surface area is 124 Å². The molecule has 2 rings (SSSR count). The molecule has 1 N–H and O–H groups in total. The summed E-state index contributed by atoms with van der Waals surface area (Å²) in [5, 5.41) is 4.21. The van der Waals surface area contributed by atoms with Gasteiger partial charge in [-0.1, -0.05) is 36.2 Å². The van der Waals surface area contributed by atoms with Gasteiger partial charge in [0.15, 0.2) is 0 Å². The van der Waals surface area contributed by atoms with Gasteiger partial charge in [-0.05, 0) is 25.6 Å². The Morgan fingerprint density at radius 3 is 2.84 bits per heavy atom. The molecule has 3 atom stereocenters. The van der Waals surface area contributed by atoms with Gasteiger partial charge in [0.25, 0.3) is 0 Å². The number of rotatable bonds is 6. The molecule has 5 heteroatoms. The van der Waals surface area contributed by atoms with Gasteiger partial charge >= 0.3 is 0 Å². The minimum atomic E-state index is 0.0277. The summed E-state index contributed by atoms with van der Waals surface area (Å²) in [5.41, 5.74) is 0. The molecule has 0 bridgehead atoms. The zero-order valence-corrected chi connectivity index (χ0v) is 12.7. The Morgan fingerprint density at radius 2 is 2.16 bits per heavy atom. The van der Waals surface area contributed by atoms with Crippen molar-refractivity contribution in [2.24, 2.45) is 0 Å². The topological polar surface area (TPSA) is 30.5 Å². The summed E-state index contributed by atoms with van der Waals surface area (Å²) in [6.45, 7) is 2.84. The SMILES string of the molecule is CCCOC1C(NC)CC1Oc1cccc(Cl)c1Cl. The average molecular weight is 304 g/mol. The van der Waals surface area contributed by atoms with E-state index in [9.17, 15) is 0 Å². The van der Waals surface area contributed by atoms with E-state index in [-0.39, 0.29) is 12.2 Å². The van der Waals surface area contributed by atoms with Crippen LogP contribution in [0.4, 0.5) is 0 Å². The highest BCUT2D eigenvalue weighted by molar-refractivity contribution is 6.42. The minimum absolute atomic E-state index is 0.0277. The van der Waals surface area contributed by atoms with E-state index in [4.69, 9.17) is 32.7 Å². The maximum atomic E-state index is 6.13. The van der Waals surface area contributed by atoms with Crippen LogP contribution in [0.1, 0.15) is 19.8 Å². The van der Waals surface area contributed by atoms with Crippen LogP contribution in [0.3, 0.4) is 0 Å². The van der Waals surface area contributed by atoms with Crippen LogP contribution in [-0.4, -0.2) is 31.9 Å². The minimum Gasteiger partial charge on any atom is -0.486 e. The molecular weight excluding hydrogens is 285 g/mol. The molecule has 0 heterocycles. The summed E-state index contributed by atoms with van der Waals surface area (Å²) in [7, 11) is 1.94. The Morgan fingerprint density at radius 1 is 1.37 bits per heavy atom. The molecule has 1 fully saturated rings. The monoisotopic (exact) mass is 303 g/mol. The first-order chi connectivity index (χ1) is 9.17. The fraction of sp³-hybridized carbons (Fsp3) is 0.571. The second kappa shape index (κ2) is 6.80. The van der Waals surface area contributed by atoms with Gasteiger partial charge < -0.3 is 14.8 Å². The lowest BCUT2D eigenvalue weighted by atomic mass is 9.85. The Bertz CT molecular complexity index is 428. The van der Waals surface area contributed by atoms with Gasteiger partial charge in [0.2, 0.25) is 0 Å². The molecule has 3 nitrogen and oxygen atoms in total. The Hall–Kier alpha value is -0.480. The number of benzene rings is 1. The van der Waals surface area contributed by atoms with E-state index in [1.54, 1.807) is 6.07 Å². The van der Waals surface area contributed by atoms with E-state index in [0.717, 1.165) is 19.4 Å². The van der Waals surface area contributed by atoms with Crippen LogP contribution >= 0.6 is 23.2 Å². The zero-order chi connectivity index (χ0) is 13.8.